The van der Waals surface area contributed by atoms with Crippen LogP contribution < -0.4 is 0 Å². The number of hydrogen-bond donors (Lipinski definition) is 0. The third-order valence-electron chi connectivity index (χ3n) is 2.26. The number of unbranched alkanes of at least 4 members (excludes halogenated alkanes) is 2. The molecule has 0 aliphatic heterocycles. The zero-order chi connectivity index (χ0) is 13.9. The number of benzene rings is 1. The van der Waals surface area contributed by atoms with Crippen molar-refractivity contribution >= 4 is 15.9 Å². The van der Waals surface area contributed by atoms with Gasteiger partial charge < -0.3 is 4.74 Å². The Balaban J connectivity index is 0.000000411. The van der Waals surface area contributed by atoms with Gasteiger partial charge in [-0.2, -0.15) is 8.78 Å². The van der Waals surface area contributed by atoms with Gasteiger partial charge in [0.05, 0.1) is 0 Å². The normalized spacial score (nSPS) is 10.7. The van der Waals surface area contributed by atoms with Crippen molar-refractivity contribution in [2.75, 3.05) is 19.0 Å². The molecule has 18 heavy (non-hydrogen) atoms. The van der Waals surface area contributed by atoms with Crippen LogP contribution in [-0.2, 0) is 10.7 Å². The van der Waals surface area contributed by atoms with E-state index < -0.39 is 12.5 Å². The van der Waals surface area contributed by atoms with Crippen LogP contribution in [0.1, 0.15) is 31.7 Å². The maximum Gasteiger partial charge on any atom is 0.296 e. The lowest BCUT2D eigenvalue weighted by Gasteiger charge is -2.14. The fourth-order valence-electron chi connectivity index (χ4n) is 1.29. The minimum absolute atomic E-state index is 0.00755. The van der Waals surface area contributed by atoms with E-state index in [1.807, 2.05) is 0 Å². The van der Waals surface area contributed by atoms with Gasteiger partial charge in [0, 0.05) is 18.0 Å². The standard InChI is InChI=1S/C9H10F2O.C5H11Br/c1-12-7-9(10,11)8-5-3-2-4-6-8;1-2-3-4-5-6/h2-6H,7H2,1H3;2-5H2,1H3. The van der Waals surface area contributed by atoms with E-state index in [2.05, 4.69) is 27.6 Å². The monoisotopic (exact) mass is 322 g/mol. The highest BCUT2D eigenvalue weighted by Gasteiger charge is 2.30. The molecular formula is C14H21BrF2O. The van der Waals surface area contributed by atoms with E-state index in [-0.39, 0.29) is 5.56 Å². The van der Waals surface area contributed by atoms with Crippen LogP contribution in [0.4, 0.5) is 8.78 Å². The maximum absolute atomic E-state index is 13.0. The number of halogens is 3. The molecule has 0 heterocycles. The molecule has 1 aromatic carbocycles. The van der Waals surface area contributed by atoms with Gasteiger partial charge in [0.25, 0.3) is 5.92 Å². The molecule has 1 rings (SSSR count). The van der Waals surface area contributed by atoms with Crippen molar-refractivity contribution in [1.82, 2.24) is 0 Å². The van der Waals surface area contributed by atoms with Crippen LogP contribution in [0.3, 0.4) is 0 Å². The molecule has 0 N–H and O–H groups in total. The third kappa shape index (κ3) is 7.77. The molecule has 0 unspecified atom stereocenters. The Kier molecular flexibility index (Phi) is 10.2. The number of ether oxygens (including phenoxy) is 1. The lowest BCUT2D eigenvalue weighted by atomic mass is 10.1. The zero-order valence-electron chi connectivity index (χ0n) is 11.0. The van der Waals surface area contributed by atoms with Crippen molar-refractivity contribution in [2.45, 2.75) is 32.1 Å². The van der Waals surface area contributed by atoms with Gasteiger partial charge in [-0.1, -0.05) is 66.0 Å². The summed E-state index contributed by atoms with van der Waals surface area (Å²) in [6.07, 6.45) is 4.02. The molecule has 4 heteroatoms. The van der Waals surface area contributed by atoms with Gasteiger partial charge in [-0.15, -0.1) is 0 Å². The fourth-order valence-corrected chi connectivity index (χ4v) is 1.69. The van der Waals surface area contributed by atoms with Gasteiger partial charge in [-0.05, 0) is 6.42 Å². The summed E-state index contributed by atoms with van der Waals surface area (Å²) >= 11 is 3.35. The Hall–Kier alpha value is -0.480. The Bertz CT molecular complexity index is 287. The molecule has 0 amide bonds. The summed E-state index contributed by atoms with van der Waals surface area (Å²) in [5.41, 5.74) is -0.00755. The first-order chi connectivity index (χ1) is 8.58. The molecule has 0 saturated carbocycles. The Labute approximate surface area is 117 Å². The van der Waals surface area contributed by atoms with E-state index in [0.717, 1.165) is 0 Å². The Morgan fingerprint density at radius 1 is 1.17 bits per heavy atom. The second-order valence-electron chi connectivity index (χ2n) is 3.90. The van der Waals surface area contributed by atoms with E-state index in [1.54, 1.807) is 18.2 Å². The lowest BCUT2D eigenvalue weighted by Crippen LogP contribution is -2.19. The number of alkyl halides is 3. The summed E-state index contributed by atoms with van der Waals surface area (Å²) < 4.78 is 30.5. The smallest absolute Gasteiger partial charge is 0.296 e. The SMILES string of the molecule is CCCCCBr.COCC(F)(F)c1ccccc1. The second-order valence-corrected chi connectivity index (χ2v) is 4.69. The molecule has 0 aliphatic carbocycles. The number of methoxy groups -OCH3 is 1. The topological polar surface area (TPSA) is 9.23 Å². The molecule has 0 spiro atoms. The highest BCUT2D eigenvalue weighted by molar-refractivity contribution is 9.09. The Morgan fingerprint density at radius 2 is 1.78 bits per heavy atom. The predicted molar refractivity (Wildman–Crippen MR) is 75.5 cm³/mol. The van der Waals surface area contributed by atoms with E-state index >= 15 is 0 Å². The number of rotatable bonds is 6. The first kappa shape index (κ1) is 17.5. The third-order valence-corrected chi connectivity index (χ3v) is 2.82. The van der Waals surface area contributed by atoms with Crippen LogP contribution in [0.15, 0.2) is 30.3 Å². The average molecular weight is 323 g/mol. The molecule has 1 aromatic rings. The predicted octanol–water partition coefficient (Wildman–Crippen LogP) is 5.00. The summed E-state index contributed by atoms with van der Waals surface area (Å²) in [4.78, 5) is 0. The summed E-state index contributed by atoms with van der Waals surface area (Å²) in [6, 6.07) is 7.64. The molecule has 0 aromatic heterocycles. The van der Waals surface area contributed by atoms with E-state index in [0.29, 0.717) is 0 Å². The minimum atomic E-state index is -2.88. The zero-order valence-corrected chi connectivity index (χ0v) is 12.6. The minimum Gasteiger partial charge on any atom is -0.378 e. The van der Waals surface area contributed by atoms with Gasteiger partial charge in [-0.3, -0.25) is 0 Å². The van der Waals surface area contributed by atoms with Crippen molar-refractivity contribution in [2.24, 2.45) is 0 Å². The molecule has 1 nitrogen and oxygen atoms in total. The summed E-state index contributed by atoms with van der Waals surface area (Å²) in [7, 11) is 1.26. The van der Waals surface area contributed by atoms with Crippen molar-refractivity contribution in [3.05, 3.63) is 35.9 Å². The molecule has 0 aliphatic rings. The van der Waals surface area contributed by atoms with Crippen LogP contribution in [0.5, 0.6) is 0 Å². The highest BCUT2D eigenvalue weighted by atomic mass is 79.9. The van der Waals surface area contributed by atoms with Gasteiger partial charge in [0.2, 0.25) is 0 Å². The summed E-state index contributed by atoms with van der Waals surface area (Å²) in [5.74, 6) is -2.88. The molecule has 104 valence electrons. The van der Waals surface area contributed by atoms with Crippen LogP contribution in [0.2, 0.25) is 0 Å². The number of hydrogen-bond acceptors (Lipinski definition) is 1. The summed E-state index contributed by atoms with van der Waals surface area (Å²) in [5, 5.41) is 1.17. The van der Waals surface area contributed by atoms with Crippen molar-refractivity contribution in [3.63, 3.8) is 0 Å². The largest absolute Gasteiger partial charge is 0.378 e. The molecular weight excluding hydrogens is 302 g/mol. The molecule has 0 saturated heterocycles. The maximum atomic E-state index is 13.0. The van der Waals surface area contributed by atoms with Crippen LogP contribution in [0, 0.1) is 0 Å². The van der Waals surface area contributed by atoms with Crippen LogP contribution in [-0.4, -0.2) is 19.0 Å². The molecule has 0 fully saturated rings. The molecule has 0 radical (unpaired) electrons. The highest BCUT2D eigenvalue weighted by Crippen LogP contribution is 2.27. The average Bonchev–Trinajstić information content (AvgIpc) is 2.38. The van der Waals surface area contributed by atoms with E-state index in [1.165, 1.54) is 43.8 Å². The van der Waals surface area contributed by atoms with Crippen LogP contribution in [0.25, 0.3) is 0 Å². The molecule has 0 bridgehead atoms. The van der Waals surface area contributed by atoms with Gasteiger partial charge in [-0.25, -0.2) is 0 Å². The first-order valence-corrected chi connectivity index (χ1v) is 7.18. The van der Waals surface area contributed by atoms with Crippen molar-refractivity contribution in [3.8, 4) is 0 Å². The quantitative estimate of drug-likeness (QED) is 0.529. The van der Waals surface area contributed by atoms with Gasteiger partial charge >= 0.3 is 0 Å². The van der Waals surface area contributed by atoms with Crippen molar-refractivity contribution in [1.29, 1.82) is 0 Å². The lowest BCUT2D eigenvalue weighted by molar-refractivity contribution is -0.0697. The molecule has 0 atom stereocenters. The van der Waals surface area contributed by atoms with E-state index in [4.69, 9.17) is 0 Å². The van der Waals surface area contributed by atoms with Crippen LogP contribution >= 0.6 is 15.9 Å². The van der Waals surface area contributed by atoms with Crippen molar-refractivity contribution < 1.29 is 13.5 Å². The first-order valence-electron chi connectivity index (χ1n) is 6.06. The fraction of sp³-hybridized carbons (Fsp3) is 0.571. The second kappa shape index (κ2) is 10.4. The Morgan fingerprint density at radius 3 is 2.17 bits per heavy atom. The van der Waals surface area contributed by atoms with Gasteiger partial charge in [0.15, 0.2) is 0 Å². The summed E-state index contributed by atoms with van der Waals surface area (Å²) in [6.45, 7) is 1.64. The van der Waals surface area contributed by atoms with E-state index in [9.17, 15) is 8.78 Å². The van der Waals surface area contributed by atoms with Gasteiger partial charge in [0.1, 0.15) is 6.61 Å².